The first-order valence-corrected chi connectivity index (χ1v) is 6.59. The van der Waals surface area contributed by atoms with Crippen LogP contribution < -0.4 is 5.32 Å². The van der Waals surface area contributed by atoms with E-state index < -0.39 is 0 Å². The molecule has 1 aromatic carbocycles. The molecule has 0 fully saturated rings. The van der Waals surface area contributed by atoms with E-state index in [-0.39, 0.29) is 5.82 Å². The molecule has 0 unspecified atom stereocenters. The maximum Gasteiger partial charge on any atom is 0.247 e. The van der Waals surface area contributed by atoms with Crippen LogP contribution in [-0.4, -0.2) is 42.3 Å². The second kappa shape index (κ2) is 7.12. The van der Waals surface area contributed by atoms with Gasteiger partial charge in [-0.2, -0.15) is 0 Å². The average molecular weight is 278 g/mol. The fourth-order valence-corrected chi connectivity index (χ4v) is 1.75. The zero-order valence-corrected chi connectivity index (χ0v) is 11.8. The Labute approximate surface area is 117 Å². The third-order valence-corrected chi connectivity index (χ3v) is 2.79. The summed E-state index contributed by atoms with van der Waals surface area (Å²) in [6.07, 6.45) is 1.06. The molecule has 0 radical (unpaired) electrons. The molecule has 2 rings (SSSR count). The molecule has 6 heteroatoms. The molecule has 1 aromatic heterocycles. The first-order chi connectivity index (χ1) is 9.65. The van der Waals surface area contributed by atoms with Gasteiger partial charge in [0.2, 0.25) is 11.8 Å². The summed E-state index contributed by atoms with van der Waals surface area (Å²) in [5, 5.41) is 11.2. The van der Waals surface area contributed by atoms with Crippen molar-refractivity contribution in [3.8, 4) is 11.5 Å². The number of aromatic nitrogens is 2. The SMILES string of the molecule is CN(C)CCCNCc1nnc(-c2ccc(F)cc2)o1. The highest BCUT2D eigenvalue weighted by atomic mass is 19.1. The summed E-state index contributed by atoms with van der Waals surface area (Å²) < 4.78 is 18.3. The molecule has 1 heterocycles. The van der Waals surface area contributed by atoms with Crippen LogP contribution >= 0.6 is 0 Å². The monoisotopic (exact) mass is 278 g/mol. The topological polar surface area (TPSA) is 54.2 Å². The van der Waals surface area contributed by atoms with Crippen molar-refractivity contribution in [3.05, 3.63) is 36.0 Å². The number of hydrogen-bond acceptors (Lipinski definition) is 5. The van der Waals surface area contributed by atoms with Gasteiger partial charge in [-0.25, -0.2) is 4.39 Å². The first kappa shape index (κ1) is 14.6. The lowest BCUT2D eigenvalue weighted by Crippen LogP contribution is -2.21. The highest BCUT2D eigenvalue weighted by Gasteiger charge is 2.08. The van der Waals surface area contributed by atoms with Crippen LogP contribution in [0.25, 0.3) is 11.5 Å². The van der Waals surface area contributed by atoms with Gasteiger partial charge in [-0.15, -0.1) is 10.2 Å². The quantitative estimate of drug-likeness (QED) is 0.784. The summed E-state index contributed by atoms with van der Waals surface area (Å²) in [6.45, 7) is 2.48. The molecule has 0 aliphatic carbocycles. The van der Waals surface area contributed by atoms with Gasteiger partial charge < -0.3 is 14.6 Å². The fourth-order valence-electron chi connectivity index (χ4n) is 1.75. The fraction of sp³-hybridized carbons (Fsp3) is 0.429. The van der Waals surface area contributed by atoms with Crippen molar-refractivity contribution in [2.24, 2.45) is 0 Å². The Morgan fingerprint density at radius 3 is 2.65 bits per heavy atom. The molecule has 0 atom stereocenters. The molecule has 5 nitrogen and oxygen atoms in total. The zero-order valence-electron chi connectivity index (χ0n) is 11.8. The lowest BCUT2D eigenvalue weighted by molar-refractivity contribution is 0.390. The van der Waals surface area contributed by atoms with Gasteiger partial charge in [0.25, 0.3) is 0 Å². The van der Waals surface area contributed by atoms with E-state index >= 15 is 0 Å². The van der Waals surface area contributed by atoms with Crippen LogP contribution in [-0.2, 0) is 6.54 Å². The van der Waals surface area contributed by atoms with E-state index in [4.69, 9.17) is 4.42 Å². The molecule has 0 aliphatic rings. The number of nitrogens with zero attached hydrogens (tertiary/aromatic N) is 3. The zero-order chi connectivity index (χ0) is 14.4. The van der Waals surface area contributed by atoms with Gasteiger partial charge in [-0.1, -0.05) is 0 Å². The third-order valence-electron chi connectivity index (χ3n) is 2.79. The van der Waals surface area contributed by atoms with Gasteiger partial charge in [0, 0.05) is 5.56 Å². The highest BCUT2D eigenvalue weighted by Crippen LogP contribution is 2.17. The van der Waals surface area contributed by atoms with E-state index in [1.54, 1.807) is 12.1 Å². The van der Waals surface area contributed by atoms with Crippen molar-refractivity contribution in [2.45, 2.75) is 13.0 Å². The van der Waals surface area contributed by atoms with Crippen molar-refractivity contribution >= 4 is 0 Å². The van der Waals surface area contributed by atoms with Crippen molar-refractivity contribution in [3.63, 3.8) is 0 Å². The minimum Gasteiger partial charge on any atom is -0.419 e. The van der Waals surface area contributed by atoms with Gasteiger partial charge in [0.15, 0.2) is 0 Å². The number of rotatable bonds is 7. The van der Waals surface area contributed by atoms with Crippen LogP contribution in [0.5, 0.6) is 0 Å². The van der Waals surface area contributed by atoms with E-state index in [9.17, 15) is 4.39 Å². The third kappa shape index (κ3) is 4.40. The van der Waals surface area contributed by atoms with Crippen molar-refractivity contribution < 1.29 is 8.81 Å². The van der Waals surface area contributed by atoms with E-state index in [0.717, 1.165) is 25.1 Å². The number of hydrogen-bond donors (Lipinski definition) is 1. The molecule has 0 aliphatic heterocycles. The summed E-state index contributed by atoms with van der Waals surface area (Å²) in [5.74, 6) is 0.667. The minimum atomic E-state index is -0.281. The molecular weight excluding hydrogens is 259 g/mol. The van der Waals surface area contributed by atoms with Gasteiger partial charge in [0.05, 0.1) is 6.54 Å². The Morgan fingerprint density at radius 2 is 1.95 bits per heavy atom. The maximum atomic E-state index is 12.8. The maximum absolute atomic E-state index is 12.8. The van der Waals surface area contributed by atoms with Crippen molar-refractivity contribution in [2.75, 3.05) is 27.2 Å². The van der Waals surface area contributed by atoms with Crippen LogP contribution in [0.4, 0.5) is 4.39 Å². The first-order valence-electron chi connectivity index (χ1n) is 6.59. The number of halogens is 1. The van der Waals surface area contributed by atoms with E-state index in [0.29, 0.717) is 18.3 Å². The molecule has 0 amide bonds. The molecular formula is C14H19FN4O. The van der Waals surface area contributed by atoms with Gasteiger partial charge in [-0.3, -0.25) is 0 Å². The average Bonchev–Trinajstić information content (AvgIpc) is 2.87. The lowest BCUT2D eigenvalue weighted by Gasteiger charge is -2.08. The van der Waals surface area contributed by atoms with E-state index in [2.05, 4.69) is 20.4 Å². The van der Waals surface area contributed by atoms with Crippen molar-refractivity contribution in [1.82, 2.24) is 20.4 Å². The predicted molar refractivity (Wildman–Crippen MR) is 74.6 cm³/mol. The molecule has 0 saturated carbocycles. The van der Waals surface area contributed by atoms with Gasteiger partial charge in [-0.05, 0) is 57.9 Å². The second-order valence-corrected chi connectivity index (χ2v) is 4.84. The molecule has 0 saturated heterocycles. The Morgan fingerprint density at radius 1 is 1.20 bits per heavy atom. The summed E-state index contributed by atoms with van der Waals surface area (Å²) in [6, 6.07) is 5.99. The van der Waals surface area contributed by atoms with Crippen LogP contribution in [0.3, 0.4) is 0 Å². The Bertz CT molecular complexity index is 524. The van der Waals surface area contributed by atoms with E-state index in [1.807, 2.05) is 14.1 Å². The van der Waals surface area contributed by atoms with Crippen LogP contribution in [0, 0.1) is 5.82 Å². The molecule has 0 bridgehead atoms. The molecule has 1 N–H and O–H groups in total. The number of benzene rings is 1. The minimum absolute atomic E-state index is 0.281. The van der Waals surface area contributed by atoms with Crippen LogP contribution in [0.1, 0.15) is 12.3 Å². The Hall–Kier alpha value is -1.79. The molecule has 0 spiro atoms. The standard InChI is InChI=1S/C14H19FN4O/c1-19(2)9-3-8-16-10-13-17-18-14(20-13)11-4-6-12(15)7-5-11/h4-7,16H,3,8-10H2,1-2H3. The normalized spacial score (nSPS) is 11.2. The van der Waals surface area contributed by atoms with Crippen LogP contribution in [0.2, 0.25) is 0 Å². The largest absolute Gasteiger partial charge is 0.419 e. The molecule has 2 aromatic rings. The smallest absolute Gasteiger partial charge is 0.247 e. The molecule has 108 valence electrons. The summed E-state index contributed by atoms with van der Waals surface area (Å²) in [4.78, 5) is 2.14. The Balaban J connectivity index is 1.82. The summed E-state index contributed by atoms with van der Waals surface area (Å²) in [7, 11) is 4.10. The summed E-state index contributed by atoms with van der Waals surface area (Å²) >= 11 is 0. The second-order valence-electron chi connectivity index (χ2n) is 4.84. The lowest BCUT2D eigenvalue weighted by atomic mass is 10.2. The molecule has 20 heavy (non-hydrogen) atoms. The van der Waals surface area contributed by atoms with Crippen LogP contribution in [0.15, 0.2) is 28.7 Å². The number of nitrogens with one attached hydrogen (secondary N) is 1. The van der Waals surface area contributed by atoms with Crippen molar-refractivity contribution in [1.29, 1.82) is 0 Å². The summed E-state index contributed by atoms with van der Waals surface area (Å²) in [5.41, 5.74) is 0.720. The van der Waals surface area contributed by atoms with E-state index in [1.165, 1.54) is 12.1 Å². The Kier molecular flexibility index (Phi) is 5.20. The van der Waals surface area contributed by atoms with Gasteiger partial charge >= 0.3 is 0 Å². The predicted octanol–water partition coefficient (Wildman–Crippen LogP) is 1.92. The highest BCUT2D eigenvalue weighted by molar-refractivity contribution is 5.51. The van der Waals surface area contributed by atoms with Gasteiger partial charge in [0.1, 0.15) is 5.82 Å².